The quantitative estimate of drug-likeness (QED) is 0.608. The van der Waals surface area contributed by atoms with Crippen LogP contribution in [0.1, 0.15) is 62.2 Å². The molecule has 0 radical (unpaired) electrons. The summed E-state index contributed by atoms with van der Waals surface area (Å²) >= 11 is 0. The number of nitrogens with zero attached hydrogens (tertiary/aromatic N) is 1. The van der Waals surface area contributed by atoms with Gasteiger partial charge in [0.25, 0.3) is 0 Å². The van der Waals surface area contributed by atoms with Gasteiger partial charge in [-0.25, -0.2) is 13.2 Å². The van der Waals surface area contributed by atoms with E-state index in [1.54, 1.807) is 0 Å². The van der Waals surface area contributed by atoms with Crippen LogP contribution in [-0.2, 0) is 10.0 Å². The van der Waals surface area contributed by atoms with Crippen molar-refractivity contribution in [2.75, 3.05) is 10.5 Å². The molecule has 2 N–H and O–H groups in total. The van der Waals surface area contributed by atoms with Crippen molar-refractivity contribution in [1.82, 2.24) is 4.98 Å². The second-order valence-electron chi connectivity index (χ2n) is 5.27. The molecule has 7 heteroatoms. The lowest BCUT2D eigenvalue weighted by atomic mass is 10.1. The molecule has 0 aliphatic carbocycles. The first-order chi connectivity index (χ1) is 10.5. The van der Waals surface area contributed by atoms with E-state index in [4.69, 9.17) is 5.11 Å². The molecule has 22 heavy (non-hydrogen) atoms. The lowest BCUT2D eigenvalue weighted by Gasteiger charge is -2.09. The average Bonchev–Trinajstić information content (AvgIpc) is 2.46. The van der Waals surface area contributed by atoms with Crippen molar-refractivity contribution in [2.24, 2.45) is 0 Å². The second-order valence-corrected chi connectivity index (χ2v) is 7.11. The van der Waals surface area contributed by atoms with Crippen molar-refractivity contribution >= 4 is 21.7 Å². The molecule has 1 aromatic heterocycles. The SMILES string of the molecule is CCCCCCCCCS(=O)(=O)Nc1cnccc1C(=O)O. The van der Waals surface area contributed by atoms with Gasteiger partial charge in [-0.15, -0.1) is 0 Å². The number of unbranched alkanes of at least 4 members (excludes halogenated alkanes) is 6. The third-order valence-electron chi connectivity index (χ3n) is 3.33. The molecule has 0 aliphatic heterocycles. The first-order valence-electron chi connectivity index (χ1n) is 7.64. The highest BCUT2D eigenvalue weighted by Crippen LogP contribution is 2.16. The summed E-state index contributed by atoms with van der Waals surface area (Å²) in [5.74, 6) is -1.19. The summed E-state index contributed by atoms with van der Waals surface area (Å²) in [6.45, 7) is 2.15. The van der Waals surface area contributed by atoms with Crippen LogP contribution >= 0.6 is 0 Å². The van der Waals surface area contributed by atoms with Gasteiger partial charge in [-0.05, 0) is 12.5 Å². The number of carboxylic acids is 1. The van der Waals surface area contributed by atoms with E-state index in [-0.39, 0.29) is 17.0 Å². The van der Waals surface area contributed by atoms with E-state index >= 15 is 0 Å². The van der Waals surface area contributed by atoms with Crippen LogP contribution in [-0.4, -0.2) is 30.2 Å². The van der Waals surface area contributed by atoms with E-state index < -0.39 is 16.0 Å². The van der Waals surface area contributed by atoms with Gasteiger partial charge >= 0.3 is 5.97 Å². The molecule has 0 amide bonds. The van der Waals surface area contributed by atoms with Crippen molar-refractivity contribution < 1.29 is 18.3 Å². The number of sulfonamides is 1. The first-order valence-corrected chi connectivity index (χ1v) is 9.29. The normalized spacial score (nSPS) is 11.3. The number of nitrogens with one attached hydrogen (secondary N) is 1. The number of hydrogen-bond donors (Lipinski definition) is 2. The Balaban J connectivity index is 2.43. The number of aromatic carboxylic acids is 1. The minimum atomic E-state index is -3.54. The van der Waals surface area contributed by atoms with Gasteiger partial charge in [-0.1, -0.05) is 45.4 Å². The number of rotatable bonds is 11. The summed E-state index contributed by atoms with van der Waals surface area (Å²) in [4.78, 5) is 14.8. The highest BCUT2D eigenvalue weighted by Gasteiger charge is 2.16. The predicted octanol–water partition coefficient (Wildman–Crippen LogP) is 3.27. The Kier molecular flexibility index (Phi) is 7.87. The van der Waals surface area contributed by atoms with Gasteiger partial charge in [-0.3, -0.25) is 9.71 Å². The maximum absolute atomic E-state index is 12.0. The molecule has 0 saturated heterocycles. The van der Waals surface area contributed by atoms with Gasteiger partial charge in [0.15, 0.2) is 0 Å². The number of carbonyl (C=O) groups is 1. The highest BCUT2D eigenvalue weighted by atomic mass is 32.2. The van der Waals surface area contributed by atoms with Gasteiger partial charge in [0.05, 0.1) is 23.2 Å². The zero-order valence-electron chi connectivity index (χ0n) is 12.9. The third-order valence-corrected chi connectivity index (χ3v) is 4.69. The summed E-state index contributed by atoms with van der Waals surface area (Å²) in [5, 5.41) is 9.02. The Bertz CT molecular complexity index is 573. The van der Waals surface area contributed by atoms with Crippen molar-refractivity contribution in [3.8, 4) is 0 Å². The smallest absolute Gasteiger partial charge is 0.337 e. The fourth-order valence-electron chi connectivity index (χ4n) is 2.13. The summed E-state index contributed by atoms with van der Waals surface area (Å²) in [6, 6.07) is 1.27. The number of pyridine rings is 1. The van der Waals surface area contributed by atoms with E-state index in [9.17, 15) is 13.2 Å². The summed E-state index contributed by atoms with van der Waals surface area (Å²) in [5.41, 5.74) is -0.0870. The number of aromatic nitrogens is 1. The fraction of sp³-hybridized carbons (Fsp3) is 0.600. The fourth-order valence-corrected chi connectivity index (χ4v) is 3.31. The van der Waals surface area contributed by atoms with Gasteiger partial charge in [-0.2, -0.15) is 0 Å². The van der Waals surface area contributed by atoms with Crippen LogP contribution in [0.5, 0.6) is 0 Å². The Morgan fingerprint density at radius 2 is 1.82 bits per heavy atom. The molecule has 1 rings (SSSR count). The topological polar surface area (TPSA) is 96.4 Å². The molecule has 1 aromatic rings. The molecule has 0 aromatic carbocycles. The minimum Gasteiger partial charge on any atom is -0.478 e. The molecule has 0 bridgehead atoms. The lowest BCUT2D eigenvalue weighted by molar-refractivity contribution is 0.0698. The molecule has 1 heterocycles. The Morgan fingerprint density at radius 3 is 2.45 bits per heavy atom. The van der Waals surface area contributed by atoms with E-state index in [1.165, 1.54) is 37.7 Å². The molecule has 0 spiro atoms. The largest absolute Gasteiger partial charge is 0.478 e. The molecule has 0 atom stereocenters. The predicted molar refractivity (Wildman–Crippen MR) is 86.6 cm³/mol. The molecule has 124 valence electrons. The molecular weight excluding hydrogens is 304 g/mol. The standard InChI is InChI=1S/C15H24N2O4S/c1-2-3-4-5-6-7-8-11-22(20,21)17-14-12-16-10-9-13(14)15(18)19/h9-10,12,17H,2-8,11H2,1H3,(H,18,19). The first kappa shape index (κ1) is 18.4. The number of hydrogen-bond acceptors (Lipinski definition) is 4. The summed E-state index contributed by atoms with van der Waals surface area (Å²) in [6.07, 6.45) is 9.74. The van der Waals surface area contributed by atoms with Crippen LogP contribution in [0.3, 0.4) is 0 Å². The molecule has 0 saturated carbocycles. The third kappa shape index (κ3) is 6.89. The van der Waals surface area contributed by atoms with Crippen LogP contribution in [0, 0.1) is 0 Å². The van der Waals surface area contributed by atoms with Crippen LogP contribution in [0.25, 0.3) is 0 Å². The Hall–Kier alpha value is -1.63. The van der Waals surface area contributed by atoms with Crippen LogP contribution < -0.4 is 4.72 Å². The van der Waals surface area contributed by atoms with Crippen LogP contribution in [0.4, 0.5) is 5.69 Å². The number of anilines is 1. The maximum Gasteiger partial charge on any atom is 0.337 e. The van der Waals surface area contributed by atoms with Gasteiger partial charge in [0.2, 0.25) is 10.0 Å². The van der Waals surface area contributed by atoms with E-state index in [1.807, 2.05) is 0 Å². The molecule has 0 aliphatic rings. The summed E-state index contributed by atoms with van der Waals surface area (Å²) in [7, 11) is -3.54. The van der Waals surface area contributed by atoms with E-state index in [0.29, 0.717) is 6.42 Å². The second kappa shape index (κ2) is 9.40. The molecular formula is C15H24N2O4S. The van der Waals surface area contributed by atoms with Crippen molar-refractivity contribution in [3.63, 3.8) is 0 Å². The Morgan fingerprint density at radius 1 is 1.18 bits per heavy atom. The molecule has 0 fully saturated rings. The monoisotopic (exact) mass is 328 g/mol. The molecule has 0 unspecified atom stereocenters. The Labute approximate surface area is 132 Å². The van der Waals surface area contributed by atoms with Crippen molar-refractivity contribution in [1.29, 1.82) is 0 Å². The average molecular weight is 328 g/mol. The molecule has 6 nitrogen and oxygen atoms in total. The van der Waals surface area contributed by atoms with Crippen molar-refractivity contribution in [2.45, 2.75) is 51.9 Å². The lowest BCUT2D eigenvalue weighted by Crippen LogP contribution is -2.18. The van der Waals surface area contributed by atoms with E-state index in [2.05, 4.69) is 16.6 Å². The highest BCUT2D eigenvalue weighted by molar-refractivity contribution is 7.92. The zero-order valence-corrected chi connectivity index (χ0v) is 13.7. The van der Waals surface area contributed by atoms with E-state index in [0.717, 1.165) is 19.3 Å². The maximum atomic E-state index is 12.0. The van der Waals surface area contributed by atoms with Gasteiger partial charge in [0.1, 0.15) is 0 Å². The van der Waals surface area contributed by atoms with Gasteiger partial charge in [0, 0.05) is 6.20 Å². The minimum absolute atomic E-state index is 0.00523. The summed E-state index contributed by atoms with van der Waals surface area (Å²) < 4.78 is 26.3. The van der Waals surface area contributed by atoms with Crippen LogP contribution in [0.15, 0.2) is 18.5 Å². The number of carboxylic acid groups (broad SMARTS) is 1. The van der Waals surface area contributed by atoms with Gasteiger partial charge < -0.3 is 5.11 Å². The zero-order chi connectivity index (χ0) is 16.4. The van der Waals surface area contributed by atoms with Crippen molar-refractivity contribution in [3.05, 3.63) is 24.0 Å². The van der Waals surface area contributed by atoms with Crippen LogP contribution in [0.2, 0.25) is 0 Å².